The third-order valence-corrected chi connectivity index (χ3v) is 4.33. The summed E-state index contributed by atoms with van der Waals surface area (Å²) in [5.74, 6) is -0.563. The highest BCUT2D eigenvalue weighted by molar-refractivity contribution is 5.39. The van der Waals surface area contributed by atoms with Crippen molar-refractivity contribution < 1.29 is 13.5 Å². The van der Waals surface area contributed by atoms with Crippen molar-refractivity contribution in [3.05, 3.63) is 46.7 Å². The molecule has 3 rings (SSSR count). The van der Waals surface area contributed by atoms with Crippen LogP contribution in [0.1, 0.15) is 36.1 Å². The summed E-state index contributed by atoms with van der Waals surface area (Å²) in [6.07, 6.45) is 3.52. The van der Waals surface area contributed by atoms with E-state index >= 15 is 0 Å². The Morgan fingerprint density at radius 1 is 1.04 bits per heavy atom. The van der Waals surface area contributed by atoms with Crippen LogP contribution in [0.25, 0.3) is 0 Å². The predicted molar refractivity (Wildman–Crippen MR) is 88.3 cm³/mol. The second-order valence-corrected chi connectivity index (χ2v) is 6.12. The van der Waals surface area contributed by atoms with Crippen LogP contribution in [-0.2, 0) is 6.61 Å². The molecule has 2 aromatic rings. The van der Waals surface area contributed by atoms with Crippen LogP contribution in [0.5, 0.6) is 5.88 Å². The molecule has 0 aliphatic carbocycles. The molecule has 0 radical (unpaired) electrons. The topological polar surface area (TPSA) is 38.2 Å². The highest BCUT2D eigenvalue weighted by Crippen LogP contribution is 2.24. The second kappa shape index (κ2) is 7.11. The molecule has 6 heteroatoms. The molecular weight excluding hydrogens is 312 g/mol. The number of nitrogens with zero attached hydrogens (tertiary/aromatic N) is 3. The zero-order valence-corrected chi connectivity index (χ0v) is 14.0. The van der Waals surface area contributed by atoms with E-state index in [1.807, 2.05) is 13.8 Å². The van der Waals surface area contributed by atoms with Gasteiger partial charge in [-0.05, 0) is 50.8 Å². The summed E-state index contributed by atoms with van der Waals surface area (Å²) in [5, 5.41) is 0. The fraction of sp³-hybridized carbons (Fsp3) is 0.444. The lowest BCUT2D eigenvalue weighted by molar-refractivity contribution is 0.289. The highest BCUT2D eigenvalue weighted by Gasteiger charge is 2.17. The van der Waals surface area contributed by atoms with Gasteiger partial charge in [-0.2, -0.15) is 4.98 Å². The smallest absolute Gasteiger partial charge is 0.228 e. The molecular formula is C18H21F2N3O. The predicted octanol–water partition coefficient (Wildman–Crippen LogP) is 3.94. The van der Waals surface area contributed by atoms with Gasteiger partial charge >= 0.3 is 0 Å². The number of hydrogen-bond donors (Lipinski definition) is 0. The first-order valence-electron chi connectivity index (χ1n) is 8.21. The largest absolute Gasteiger partial charge is 0.472 e. The minimum absolute atomic E-state index is 0.133. The molecule has 1 aromatic carbocycles. The van der Waals surface area contributed by atoms with Gasteiger partial charge in [0, 0.05) is 24.3 Å². The SMILES string of the molecule is Cc1nc(N2CCCCC2)nc(OCc2ccc(F)c(F)c2)c1C. The van der Waals surface area contributed by atoms with E-state index in [0.717, 1.165) is 49.3 Å². The first-order chi connectivity index (χ1) is 11.5. The number of aryl methyl sites for hydroxylation is 1. The average Bonchev–Trinajstić information content (AvgIpc) is 2.60. The van der Waals surface area contributed by atoms with Crippen LogP contribution in [0.2, 0.25) is 0 Å². The highest BCUT2D eigenvalue weighted by atomic mass is 19.2. The standard InChI is InChI=1S/C18H21F2N3O/c1-12-13(2)21-18(23-8-4-3-5-9-23)22-17(12)24-11-14-6-7-15(19)16(20)10-14/h6-7,10H,3-5,8-9,11H2,1-2H3. The molecule has 0 spiro atoms. The molecule has 4 nitrogen and oxygen atoms in total. The van der Waals surface area contributed by atoms with E-state index in [4.69, 9.17) is 4.74 Å². The molecule has 0 atom stereocenters. The minimum atomic E-state index is -0.874. The molecule has 1 aliphatic rings. The molecule has 0 amide bonds. The summed E-state index contributed by atoms with van der Waals surface area (Å²) in [6, 6.07) is 3.75. The molecule has 1 aromatic heterocycles. The molecule has 0 N–H and O–H groups in total. The van der Waals surface area contributed by atoms with Gasteiger partial charge in [0.05, 0.1) is 0 Å². The van der Waals surface area contributed by atoms with Crippen LogP contribution >= 0.6 is 0 Å². The molecule has 0 saturated carbocycles. The van der Waals surface area contributed by atoms with E-state index in [2.05, 4.69) is 14.9 Å². The van der Waals surface area contributed by atoms with E-state index in [1.54, 1.807) is 0 Å². The van der Waals surface area contributed by atoms with Crippen molar-refractivity contribution >= 4 is 5.95 Å². The molecule has 1 aliphatic heterocycles. The van der Waals surface area contributed by atoms with Gasteiger partial charge in [0.25, 0.3) is 0 Å². The lowest BCUT2D eigenvalue weighted by Gasteiger charge is -2.27. The van der Waals surface area contributed by atoms with Crippen molar-refractivity contribution in [3.63, 3.8) is 0 Å². The van der Waals surface area contributed by atoms with Gasteiger partial charge in [-0.15, -0.1) is 0 Å². The van der Waals surface area contributed by atoms with Gasteiger partial charge in [0.2, 0.25) is 11.8 Å². The number of aromatic nitrogens is 2. The Morgan fingerprint density at radius 2 is 1.79 bits per heavy atom. The average molecular weight is 333 g/mol. The van der Waals surface area contributed by atoms with Crippen molar-refractivity contribution in [2.45, 2.75) is 39.7 Å². The van der Waals surface area contributed by atoms with Crippen molar-refractivity contribution in [3.8, 4) is 5.88 Å². The fourth-order valence-electron chi connectivity index (χ4n) is 2.75. The summed E-state index contributed by atoms with van der Waals surface area (Å²) < 4.78 is 32.1. The van der Waals surface area contributed by atoms with Crippen molar-refractivity contribution in [2.75, 3.05) is 18.0 Å². The minimum Gasteiger partial charge on any atom is -0.472 e. The molecule has 24 heavy (non-hydrogen) atoms. The maximum absolute atomic E-state index is 13.3. The number of ether oxygens (including phenoxy) is 1. The van der Waals surface area contributed by atoms with E-state index in [-0.39, 0.29) is 6.61 Å². The van der Waals surface area contributed by atoms with Gasteiger partial charge in [-0.25, -0.2) is 13.8 Å². The quantitative estimate of drug-likeness (QED) is 0.849. The Labute approximate surface area is 140 Å². The summed E-state index contributed by atoms with van der Waals surface area (Å²) in [6.45, 7) is 5.86. The molecule has 1 saturated heterocycles. The van der Waals surface area contributed by atoms with Gasteiger partial charge in [0.15, 0.2) is 11.6 Å². The van der Waals surface area contributed by atoms with Crippen LogP contribution in [0, 0.1) is 25.5 Å². The summed E-state index contributed by atoms with van der Waals surface area (Å²) in [5.41, 5.74) is 2.29. The van der Waals surface area contributed by atoms with E-state index in [1.165, 1.54) is 12.5 Å². The Balaban J connectivity index is 1.78. The van der Waals surface area contributed by atoms with Crippen molar-refractivity contribution in [1.29, 1.82) is 0 Å². The summed E-state index contributed by atoms with van der Waals surface area (Å²) in [7, 11) is 0. The van der Waals surface area contributed by atoms with Gasteiger partial charge in [-0.3, -0.25) is 0 Å². The van der Waals surface area contributed by atoms with Crippen LogP contribution in [-0.4, -0.2) is 23.1 Å². The van der Waals surface area contributed by atoms with Crippen molar-refractivity contribution in [2.24, 2.45) is 0 Å². The Kier molecular flexibility index (Phi) is 4.92. The third-order valence-electron chi connectivity index (χ3n) is 4.33. The molecule has 2 heterocycles. The van der Waals surface area contributed by atoms with Crippen LogP contribution < -0.4 is 9.64 Å². The Hall–Kier alpha value is -2.24. The Morgan fingerprint density at radius 3 is 2.50 bits per heavy atom. The molecule has 0 unspecified atom stereocenters. The number of rotatable bonds is 4. The second-order valence-electron chi connectivity index (χ2n) is 6.12. The first kappa shape index (κ1) is 16.6. The number of halogens is 2. The van der Waals surface area contributed by atoms with Crippen molar-refractivity contribution in [1.82, 2.24) is 9.97 Å². The van der Waals surface area contributed by atoms with Crippen LogP contribution in [0.4, 0.5) is 14.7 Å². The molecule has 0 bridgehead atoms. The van der Waals surface area contributed by atoms with Gasteiger partial charge < -0.3 is 9.64 Å². The lowest BCUT2D eigenvalue weighted by atomic mass is 10.1. The zero-order chi connectivity index (χ0) is 17.1. The first-order valence-corrected chi connectivity index (χ1v) is 8.21. The fourth-order valence-corrected chi connectivity index (χ4v) is 2.75. The van der Waals surface area contributed by atoms with Crippen LogP contribution in [0.15, 0.2) is 18.2 Å². The van der Waals surface area contributed by atoms with E-state index in [9.17, 15) is 8.78 Å². The third kappa shape index (κ3) is 3.63. The zero-order valence-electron chi connectivity index (χ0n) is 14.0. The van der Waals surface area contributed by atoms with E-state index < -0.39 is 11.6 Å². The van der Waals surface area contributed by atoms with Crippen LogP contribution in [0.3, 0.4) is 0 Å². The summed E-state index contributed by atoms with van der Waals surface area (Å²) in [4.78, 5) is 11.3. The van der Waals surface area contributed by atoms with E-state index in [0.29, 0.717) is 17.4 Å². The number of hydrogen-bond acceptors (Lipinski definition) is 4. The molecule has 1 fully saturated rings. The maximum atomic E-state index is 13.3. The number of piperidine rings is 1. The monoisotopic (exact) mass is 333 g/mol. The van der Waals surface area contributed by atoms with Gasteiger partial charge in [-0.1, -0.05) is 6.07 Å². The summed E-state index contributed by atoms with van der Waals surface area (Å²) >= 11 is 0. The number of anilines is 1. The maximum Gasteiger partial charge on any atom is 0.228 e. The Bertz CT molecular complexity index is 730. The van der Waals surface area contributed by atoms with Gasteiger partial charge in [0.1, 0.15) is 6.61 Å². The lowest BCUT2D eigenvalue weighted by Crippen LogP contribution is -2.31. The molecule has 128 valence electrons. The normalized spacial score (nSPS) is 14.8. The number of benzene rings is 1.